The lowest BCUT2D eigenvalue weighted by Gasteiger charge is -2.16. The largest absolute Gasteiger partial charge is 0.511 e. The van der Waals surface area contributed by atoms with Gasteiger partial charge in [-0.3, -0.25) is 9.59 Å². The number of hydrogen-bond donors (Lipinski definition) is 2. The van der Waals surface area contributed by atoms with E-state index in [-0.39, 0.29) is 23.1 Å². The molecule has 7 heteroatoms. The number of halogens is 1. The number of ether oxygens (including phenoxy) is 1. The van der Waals surface area contributed by atoms with Gasteiger partial charge >= 0.3 is 0 Å². The van der Waals surface area contributed by atoms with E-state index in [1.165, 1.54) is 13.0 Å². The van der Waals surface area contributed by atoms with Crippen molar-refractivity contribution >= 4 is 17.4 Å². The van der Waals surface area contributed by atoms with Gasteiger partial charge in [0.1, 0.15) is 23.4 Å². The van der Waals surface area contributed by atoms with Crippen molar-refractivity contribution in [3.63, 3.8) is 0 Å². The summed E-state index contributed by atoms with van der Waals surface area (Å²) in [6, 6.07) is 12.0. The van der Waals surface area contributed by atoms with Crippen molar-refractivity contribution in [1.82, 2.24) is 0 Å². The zero-order valence-corrected chi connectivity index (χ0v) is 15.6. The fraction of sp³-hybridized carbons (Fsp3) is 0.190. The summed E-state index contributed by atoms with van der Waals surface area (Å²) in [7, 11) is 0. The third-order valence-electron chi connectivity index (χ3n) is 3.66. The molecule has 0 fully saturated rings. The molecule has 0 aliphatic heterocycles. The predicted molar refractivity (Wildman–Crippen MR) is 102 cm³/mol. The highest BCUT2D eigenvalue weighted by atomic mass is 19.1. The first-order valence-electron chi connectivity index (χ1n) is 8.45. The number of benzene rings is 2. The zero-order valence-electron chi connectivity index (χ0n) is 15.6. The molecule has 2 rings (SSSR count). The molecule has 0 spiro atoms. The molecule has 0 bridgehead atoms. The predicted octanol–water partition coefficient (Wildman–Crippen LogP) is 4.14. The van der Waals surface area contributed by atoms with Crippen LogP contribution in [0.15, 0.2) is 53.8 Å². The number of carbonyl (C=O) groups excluding carboxylic acids is 2. The molecule has 0 atom stereocenters. The normalized spacial score (nSPS) is 11.4. The number of amides is 1. The van der Waals surface area contributed by atoms with Crippen LogP contribution < -0.4 is 10.1 Å². The highest BCUT2D eigenvalue weighted by Crippen LogP contribution is 2.30. The smallest absolute Gasteiger partial charge is 0.269 e. The number of anilines is 1. The Kier molecular flexibility index (Phi) is 6.51. The van der Waals surface area contributed by atoms with E-state index in [0.717, 1.165) is 6.07 Å². The number of nitrogens with zero attached hydrogens (tertiary/aromatic N) is 1. The van der Waals surface area contributed by atoms with Gasteiger partial charge < -0.3 is 15.2 Å². The maximum absolute atomic E-state index is 14.6. The minimum atomic E-state index is -0.973. The molecule has 2 N–H and O–H groups in total. The van der Waals surface area contributed by atoms with Crippen LogP contribution in [0.4, 0.5) is 10.1 Å². The van der Waals surface area contributed by atoms with Crippen molar-refractivity contribution in [2.24, 2.45) is 0 Å². The number of rotatable bonds is 6. The fourth-order valence-corrected chi connectivity index (χ4v) is 2.40. The summed E-state index contributed by atoms with van der Waals surface area (Å²) in [4.78, 5) is 24.8. The topological polar surface area (TPSA) is 99.4 Å². The molecule has 2 aromatic carbocycles. The monoisotopic (exact) mass is 382 g/mol. The van der Waals surface area contributed by atoms with Crippen LogP contribution in [0.2, 0.25) is 0 Å². The first-order valence-corrected chi connectivity index (χ1v) is 8.45. The van der Waals surface area contributed by atoms with Crippen LogP contribution in [0.1, 0.15) is 36.7 Å². The number of aliphatic hydroxyl groups is 1. The molecule has 0 unspecified atom stereocenters. The lowest BCUT2D eigenvalue weighted by molar-refractivity contribution is -0.112. The van der Waals surface area contributed by atoms with Gasteiger partial charge in [-0.15, -0.1) is 0 Å². The average molecular weight is 382 g/mol. The molecule has 0 saturated carbocycles. The fourth-order valence-electron chi connectivity index (χ4n) is 2.40. The van der Waals surface area contributed by atoms with E-state index < -0.39 is 28.8 Å². The van der Waals surface area contributed by atoms with Gasteiger partial charge in [0.2, 0.25) is 0 Å². The molecule has 0 aliphatic carbocycles. The van der Waals surface area contributed by atoms with E-state index in [0.29, 0.717) is 5.56 Å². The Hall–Kier alpha value is -3.66. The van der Waals surface area contributed by atoms with Crippen LogP contribution >= 0.6 is 0 Å². The molecule has 6 nitrogen and oxygen atoms in total. The number of nitriles is 1. The van der Waals surface area contributed by atoms with E-state index >= 15 is 0 Å². The second kappa shape index (κ2) is 8.82. The van der Waals surface area contributed by atoms with Gasteiger partial charge in [0.25, 0.3) is 5.91 Å². The number of allylic oxidation sites excluding steroid dienone is 1. The van der Waals surface area contributed by atoms with Gasteiger partial charge in [0.15, 0.2) is 11.4 Å². The van der Waals surface area contributed by atoms with E-state index in [1.807, 2.05) is 0 Å². The summed E-state index contributed by atoms with van der Waals surface area (Å²) < 4.78 is 20.2. The number of carbonyl (C=O) groups is 2. The Balaban J connectivity index is 2.49. The maximum Gasteiger partial charge on any atom is 0.269 e. The number of aliphatic hydroxyl groups excluding tert-OH is 1. The van der Waals surface area contributed by atoms with Crippen molar-refractivity contribution in [2.75, 3.05) is 5.32 Å². The summed E-state index contributed by atoms with van der Waals surface area (Å²) in [6.07, 6.45) is -0.314. The van der Waals surface area contributed by atoms with Crippen LogP contribution in [-0.4, -0.2) is 22.9 Å². The lowest BCUT2D eigenvalue weighted by atomic mass is 10.0. The molecular weight excluding hydrogens is 363 g/mol. The molecule has 1 amide bonds. The summed E-state index contributed by atoms with van der Waals surface area (Å²) in [6.45, 7) is 4.65. The van der Waals surface area contributed by atoms with Crippen LogP contribution in [0.5, 0.6) is 5.75 Å². The van der Waals surface area contributed by atoms with Crippen molar-refractivity contribution < 1.29 is 23.8 Å². The molecule has 0 radical (unpaired) electrons. The zero-order chi connectivity index (χ0) is 20.8. The van der Waals surface area contributed by atoms with E-state index in [9.17, 15) is 19.1 Å². The molecule has 28 heavy (non-hydrogen) atoms. The summed E-state index contributed by atoms with van der Waals surface area (Å²) in [5, 5.41) is 20.5. The minimum absolute atomic E-state index is 0.00443. The molecule has 0 heterocycles. The quantitative estimate of drug-likeness (QED) is 0.339. The van der Waals surface area contributed by atoms with Crippen molar-refractivity contribution in [3.05, 3.63) is 70.7 Å². The Morgan fingerprint density at radius 2 is 1.86 bits per heavy atom. The van der Waals surface area contributed by atoms with Crippen molar-refractivity contribution in [3.8, 4) is 11.8 Å². The Morgan fingerprint density at radius 1 is 1.21 bits per heavy atom. The van der Waals surface area contributed by atoms with E-state index in [2.05, 4.69) is 5.32 Å². The van der Waals surface area contributed by atoms with E-state index in [1.54, 1.807) is 50.2 Å². The van der Waals surface area contributed by atoms with Gasteiger partial charge in [-0.2, -0.15) is 5.26 Å². The second-order valence-corrected chi connectivity index (χ2v) is 6.22. The molecule has 2 aromatic rings. The van der Waals surface area contributed by atoms with Gasteiger partial charge in [-0.1, -0.05) is 30.3 Å². The minimum Gasteiger partial charge on any atom is -0.511 e. The summed E-state index contributed by atoms with van der Waals surface area (Å²) in [5.41, 5.74) is -0.461. The Morgan fingerprint density at radius 3 is 2.39 bits per heavy atom. The second-order valence-electron chi connectivity index (χ2n) is 6.22. The number of hydrogen-bond acceptors (Lipinski definition) is 5. The molecule has 0 aromatic heterocycles. The van der Waals surface area contributed by atoms with Crippen molar-refractivity contribution in [2.45, 2.75) is 26.9 Å². The van der Waals surface area contributed by atoms with Crippen LogP contribution in [-0.2, 0) is 4.79 Å². The molecule has 144 valence electrons. The van der Waals surface area contributed by atoms with Gasteiger partial charge in [-0.25, -0.2) is 4.39 Å². The van der Waals surface area contributed by atoms with Gasteiger partial charge in [-0.05, 0) is 26.8 Å². The molecule has 0 saturated heterocycles. The maximum atomic E-state index is 14.6. The average Bonchev–Trinajstić information content (AvgIpc) is 2.64. The van der Waals surface area contributed by atoms with Crippen molar-refractivity contribution in [1.29, 1.82) is 5.26 Å². The lowest BCUT2D eigenvalue weighted by Crippen LogP contribution is -2.17. The Labute approximate surface area is 161 Å². The molecular formula is C21H19FN2O4. The first-order chi connectivity index (χ1) is 13.2. The third kappa shape index (κ3) is 4.74. The van der Waals surface area contributed by atoms with Crippen LogP contribution in [0, 0.1) is 17.1 Å². The third-order valence-corrected chi connectivity index (χ3v) is 3.66. The van der Waals surface area contributed by atoms with Crippen LogP contribution in [0.3, 0.4) is 0 Å². The number of nitrogens with one attached hydrogen (secondary N) is 1. The first kappa shape index (κ1) is 20.6. The highest BCUT2D eigenvalue weighted by Gasteiger charge is 2.21. The van der Waals surface area contributed by atoms with E-state index in [4.69, 9.17) is 10.00 Å². The Bertz CT molecular complexity index is 972. The standard InChI is InChI=1S/C21H19FN2O4/c1-12(2)28-19-10-18(24-21(27)16(11-23)13(3)25)17(22)9-15(19)20(26)14-7-5-4-6-8-14/h4-10,12,25H,1-3H3,(H,24,27)/b16-13-. The summed E-state index contributed by atoms with van der Waals surface area (Å²) >= 11 is 0. The highest BCUT2D eigenvalue weighted by molar-refractivity contribution is 6.11. The summed E-state index contributed by atoms with van der Waals surface area (Å²) in [5.74, 6) is -2.69. The SMILES string of the molecule is C/C(O)=C(\C#N)C(=O)Nc1cc(OC(C)C)c(C(=O)c2ccccc2)cc1F. The van der Waals surface area contributed by atoms with Crippen LogP contribution in [0.25, 0.3) is 0 Å². The molecule has 0 aliphatic rings. The van der Waals surface area contributed by atoms with Gasteiger partial charge in [0.05, 0.1) is 17.4 Å². The van der Waals surface area contributed by atoms with Gasteiger partial charge in [0, 0.05) is 11.6 Å². The number of ketones is 1.